The highest BCUT2D eigenvalue weighted by Crippen LogP contribution is 2.32. The van der Waals surface area contributed by atoms with Gasteiger partial charge in [0.1, 0.15) is 30.6 Å². The molecule has 0 saturated carbocycles. The number of carbonyl (C=O) groups is 2. The maximum absolute atomic E-state index is 12.7. The third-order valence-electron chi connectivity index (χ3n) is 7.23. The van der Waals surface area contributed by atoms with Gasteiger partial charge in [0.25, 0.3) is 0 Å². The number of nitriles is 1. The van der Waals surface area contributed by atoms with Crippen LogP contribution in [0.4, 0.5) is 0 Å². The van der Waals surface area contributed by atoms with Gasteiger partial charge in [-0.05, 0) is 80.2 Å². The first-order valence-corrected chi connectivity index (χ1v) is 13.6. The van der Waals surface area contributed by atoms with Crippen LogP contribution in [0.3, 0.4) is 0 Å². The molecule has 1 aliphatic rings. The van der Waals surface area contributed by atoms with E-state index >= 15 is 0 Å². The Morgan fingerprint density at radius 3 is 2.44 bits per heavy atom. The summed E-state index contributed by atoms with van der Waals surface area (Å²) in [4.78, 5) is 23.7. The van der Waals surface area contributed by atoms with E-state index in [4.69, 9.17) is 20.3 Å². The molecule has 2 aromatic carbocycles. The number of carboxylic acid groups (broad SMARTS) is 1. The smallest absolute Gasteiger partial charge is 0.323 e. The van der Waals surface area contributed by atoms with E-state index in [0.717, 1.165) is 24.8 Å². The summed E-state index contributed by atoms with van der Waals surface area (Å²) in [6, 6.07) is 14.9. The third-order valence-corrected chi connectivity index (χ3v) is 7.23. The molecule has 0 saturated heterocycles. The molecular formula is C31H41N3O5. The van der Waals surface area contributed by atoms with Crippen LogP contribution in [0.5, 0.6) is 5.75 Å². The van der Waals surface area contributed by atoms with Crippen LogP contribution in [0, 0.1) is 23.2 Å². The fraction of sp³-hybridized carbons (Fsp3) is 0.516. The Kier molecular flexibility index (Phi) is 10.5. The van der Waals surface area contributed by atoms with E-state index in [-0.39, 0.29) is 24.5 Å². The molecule has 1 aliphatic carbocycles. The monoisotopic (exact) mass is 535 g/mol. The van der Waals surface area contributed by atoms with Crippen molar-refractivity contribution >= 4 is 11.9 Å². The standard InChI is InChI=1S/C31H41N3O5/c1-20(2)29(33)30(37)39-26(19-38-27-15-21(10-12-28(35)36)9-11-25(27)17-32)18-34-31(3,4)16-22-13-23-7-5-6-8-24(23)14-22/h5-9,11,15,20,22,26,29,34H,10,12-14,16,18-19,33H2,1-4H3,(H,35,36)/t26-,29-/m1/s1. The van der Waals surface area contributed by atoms with E-state index in [1.807, 2.05) is 13.8 Å². The maximum atomic E-state index is 12.7. The van der Waals surface area contributed by atoms with Crippen molar-refractivity contribution in [2.24, 2.45) is 17.6 Å². The molecule has 39 heavy (non-hydrogen) atoms. The highest BCUT2D eigenvalue weighted by molar-refractivity contribution is 5.76. The molecule has 2 atom stereocenters. The summed E-state index contributed by atoms with van der Waals surface area (Å²) in [5.74, 6) is -0.616. The molecular weight excluding hydrogens is 494 g/mol. The summed E-state index contributed by atoms with van der Waals surface area (Å²) in [6.07, 6.45) is 2.72. The molecule has 0 aromatic heterocycles. The number of rotatable bonds is 14. The van der Waals surface area contributed by atoms with Gasteiger partial charge in [-0.1, -0.05) is 44.2 Å². The number of carbonyl (C=O) groups excluding carboxylic acids is 1. The van der Waals surface area contributed by atoms with Crippen molar-refractivity contribution in [1.29, 1.82) is 5.26 Å². The second-order valence-electron chi connectivity index (χ2n) is 11.5. The number of fused-ring (bicyclic) bond motifs is 1. The van der Waals surface area contributed by atoms with Crippen LogP contribution in [0.2, 0.25) is 0 Å². The molecule has 0 amide bonds. The van der Waals surface area contributed by atoms with Crippen LogP contribution in [0.1, 0.15) is 62.8 Å². The predicted octanol–water partition coefficient (Wildman–Crippen LogP) is 4.02. The second-order valence-corrected chi connectivity index (χ2v) is 11.5. The van der Waals surface area contributed by atoms with Crippen LogP contribution in [0.25, 0.3) is 0 Å². The van der Waals surface area contributed by atoms with E-state index in [1.54, 1.807) is 18.2 Å². The first-order chi connectivity index (χ1) is 18.5. The molecule has 8 nitrogen and oxygen atoms in total. The molecule has 4 N–H and O–H groups in total. The summed E-state index contributed by atoms with van der Waals surface area (Å²) < 4.78 is 11.8. The molecule has 0 bridgehead atoms. The Morgan fingerprint density at radius 2 is 1.85 bits per heavy atom. The summed E-state index contributed by atoms with van der Waals surface area (Å²) in [5.41, 5.74) is 9.74. The highest BCUT2D eigenvalue weighted by Gasteiger charge is 2.30. The fourth-order valence-corrected chi connectivity index (χ4v) is 5.00. The van der Waals surface area contributed by atoms with Gasteiger partial charge in [0.05, 0.1) is 5.56 Å². The lowest BCUT2D eigenvalue weighted by Gasteiger charge is -2.32. The van der Waals surface area contributed by atoms with Gasteiger partial charge in [0.15, 0.2) is 0 Å². The van der Waals surface area contributed by atoms with E-state index < -0.39 is 24.1 Å². The van der Waals surface area contributed by atoms with Crippen molar-refractivity contribution in [3.63, 3.8) is 0 Å². The van der Waals surface area contributed by atoms with Gasteiger partial charge in [-0.2, -0.15) is 5.26 Å². The molecule has 0 fully saturated rings. The van der Waals surface area contributed by atoms with E-state index in [2.05, 4.69) is 49.5 Å². The molecule has 8 heteroatoms. The number of benzene rings is 2. The molecule has 0 heterocycles. The number of ether oxygens (including phenoxy) is 2. The fourth-order valence-electron chi connectivity index (χ4n) is 5.00. The van der Waals surface area contributed by atoms with Crippen molar-refractivity contribution in [3.05, 3.63) is 64.7 Å². The Bertz CT molecular complexity index is 1160. The summed E-state index contributed by atoms with van der Waals surface area (Å²) in [6.45, 7) is 8.39. The zero-order valence-corrected chi connectivity index (χ0v) is 23.4. The number of nitrogens with zero attached hydrogens (tertiary/aromatic N) is 1. The highest BCUT2D eigenvalue weighted by atomic mass is 16.6. The summed E-state index contributed by atoms with van der Waals surface area (Å²) >= 11 is 0. The quantitative estimate of drug-likeness (QED) is 0.309. The Labute approximate surface area is 231 Å². The minimum Gasteiger partial charge on any atom is -0.488 e. The molecule has 210 valence electrons. The lowest BCUT2D eigenvalue weighted by molar-refractivity contribution is -0.153. The third kappa shape index (κ3) is 9.09. The Morgan fingerprint density at radius 1 is 1.18 bits per heavy atom. The molecule has 0 spiro atoms. The first-order valence-electron chi connectivity index (χ1n) is 13.6. The average molecular weight is 536 g/mol. The van der Waals surface area contributed by atoms with Crippen LogP contribution >= 0.6 is 0 Å². The van der Waals surface area contributed by atoms with Crippen molar-refractivity contribution in [2.75, 3.05) is 13.2 Å². The van der Waals surface area contributed by atoms with E-state index in [1.165, 1.54) is 11.1 Å². The van der Waals surface area contributed by atoms with Gasteiger partial charge in [0.2, 0.25) is 0 Å². The van der Waals surface area contributed by atoms with Gasteiger partial charge in [-0.3, -0.25) is 9.59 Å². The topological polar surface area (TPSA) is 135 Å². The van der Waals surface area contributed by atoms with Gasteiger partial charge >= 0.3 is 11.9 Å². The van der Waals surface area contributed by atoms with Crippen LogP contribution < -0.4 is 15.8 Å². The lowest BCUT2D eigenvalue weighted by Crippen LogP contribution is -2.48. The number of hydrogen-bond donors (Lipinski definition) is 3. The molecule has 2 aromatic rings. The number of aliphatic carboxylic acids is 1. The van der Waals surface area contributed by atoms with Crippen molar-refractivity contribution < 1.29 is 24.2 Å². The van der Waals surface area contributed by atoms with E-state index in [0.29, 0.717) is 30.2 Å². The van der Waals surface area contributed by atoms with Crippen molar-refractivity contribution in [1.82, 2.24) is 5.32 Å². The SMILES string of the molecule is CC(C)[C@@H](N)C(=O)O[C@H](CNC(C)(C)CC1Cc2ccccc2C1)COc1cc(CCC(=O)O)ccc1C#N. The van der Waals surface area contributed by atoms with Crippen molar-refractivity contribution in [2.45, 2.75) is 77.5 Å². The predicted molar refractivity (Wildman–Crippen MR) is 149 cm³/mol. The zero-order chi connectivity index (χ0) is 28.6. The number of esters is 1. The number of nitrogens with one attached hydrogen (secondary N) is 1. The molecule has 0 aliphatic heterocycles. The largest absolute Gasteiger partial charge is 0.488 e. The molecule has 0 radical (unpaired) electrons. The number of carboxylic acids is 1. The number of hydrogen-bond acceptors (Lipinski definition) is 7. The molecule has 0 unspecified atom stereocenters. The van der Waals surface area contributed by atoms with E-state index in [9.17, 15) is 14.9 Å². The normalized spacial score (nSPS) is 14.9. The Hall–Kier alpha value is -3.41. The number of nitrogens with two attached hydrogens (primary N) is 1. The van der Waals surface area contributed by atoms with Crippen molar-refractivity contribution in [3.8, 4) is 11.8 Å². The minimum atomic E-state index is -0.898. The summed E-state index contributed by atoms with van der Waals surface area (Å²) in [7, 11) is 0. The summed E-state index contributed by atoms with van der Waals surface area (Å²) in [5, 5.41) is 22.1. The van der Waals surface area contributed by atoms with Crippen LogP contribution in [-0.4, -0.2) is 47.9 Å². The zero-order valence-electron chi connectivity index (χ0n) is 23.4. The van der Waals surface area contributed by atoms with Gasteiger partial charge in [0, 0.05) is 18.5 Å². The molecule has 3 rings (SSSR count). The maximum Gasteiger partial charge on any atom is 0.323 e. The van der Waals surface area contributed by atoms with Crippen LogP contribution in [-0.2, 0) is 33.6 Å². The minimum absolute atomic E-state index is 0.0194. The van der Waals surface area contributed by atoms with Crippen LogP contribution in [0.15, 0.2) is 42.5 Å². The second kappa shape index (κ2) is 13.6. The Balaban J connectivity index is 1.67. The van der Waals surface area contributed by atoms with Gasteiger partial charge in [-0.15, -0.1) is 0 Å². The lowest BCUT2D eigenvalue weighted by atomic mass is 9.88. The first kappa shape index (κ1) is 30.1. The van der Waals surface area contributed by atoms with Gasteiger partial charge in [-0.25, -0.2) is 0 Å². The van der Waals surface area contributed by atoms with Gasteiger partial charge < -0.3 is 25.6 Å². The number of aryl methyl sites for hydroxylation is 1. The average Bonchev–Trinajstić information content (AvgIpc) is 3.29.